The number of carbonyl (C=O) groups is 2. The van der Waals surface area contributed by atoms with Gasteiger partial charge in [0.15, 0.2) is 0 Å². The van der Waals surface area contributed by atoms with Crippen molar-refractivity contribution in [2.75, 3.05) is 39.5 Å². The molecular formula is C16H25NO5. The summed E-state index contributed by atoms with van der Waals surface area (Å²) in [5.41, 5.74) is -0.785. The highest BCUT2D eigenvalue weighted by atomic mass is 16.5. The summed E-state index contributed by atoms with van der Waals surface area (Å²) in [5.74, 6) is -0.174. The van der Waals surface area contributed by atoms with Crippen molar-refractivity contribution in [1.82, 2.24) is 4.90 Å². The topological polar surface area (TPSA) is 76.1 Å². The zero-order valence-corrected chi connectivity index (χ0v) is 13.0. The van der Waals surface area contributed by atoms with E-state index in [-0.39, 0.29) is 11.8 Å². The lowest BCUT2D eigenvalue weighted by Crippen LogP contribution is -2.45. The monoisotopic (exact) mass is 311 g/mol. The van der Waals surface area contributed by atoms with E-state index in [0.29, 0.717) is 45.1 Å². The molecule has 0 aromatic rings. The summed E-state index contributed by atoms with van der Waals surface area (Å²) in [7, 11) is 0. The molecule has 6 heteroatoms. The van der Waals surface area contributed by atoms with Crippen LogP contribution in [-0.2, 0) is 19.1 Å². The van der Waals surface area contributed by atoms with Crippen molar-refractivity contribution in [3.63, 3.8) is 0 Å². The summed E-state index contributed by atoms with van der Waals surface area (Å²) in [6, 6.07) is 0. The second-order valence-electron chi connectivity index (χ2n) is 6.85. The lowest BCUT2D eigenvalue weighted by molar-refractivity contribution is -0.157. The number of fused-ring (bicyclic) bond motifs is 1. The molecule has 0 bridgehead atoms. The standard InChI is InChI=1S/C16H25NO5/c18-14(2-1-12-3-6-21-7-4-12)17-9-13-10-22-8-5-16(13,11-17)15(19)20/h12-13H,1-11H2,(H,19,20)/t13-,16+/m0/s1. The predicted molar refractivity (Wildman–Crippen MR) is 78.4 cm³/mol. The molecule has 22 heavy (non-hydrogen) atoms. The number of nitrogens with zero attached hydrogens (tertiary/aromatic N) is 1. The number of hydrogen-bond donors (Lipinski definition) is 1. The van der Waals surface area contributed by atoms with Crippen molar-refractivity contribution in [2.45, 2.75) is 32.1 Å². The predicted octanol–water partition coefficient (Wildman–Crippen LogP) is 1.14. The van der Waals surface area contributed by atoms with Gasteiger partial charge < -0.3 is 19.5 Å². The van der Waals surface area contributed by atoms with Gasteiger partial charge in [0.1, 0.15) is 0 Å². The van der Waals surface area contributed by atoms with Gasteiger partial charge in [-0.05, 0) is 31.6 Å². The largest absolute Gasteiger partial charge is 0.481 e. The van der Waals surface area contributed by atoms with Gasteiger partial charge in [0.2, 0.25) is 5.91 Å². The fourth-order valence-corrected chi connectivity index (χ4v) is 4.01. The smallest absolute Gasteiger partial charge is 0.311 e. The average Bonchev–Trinajstić information content (AvgIpc) is 2.95. The van der Waals surface area contributed by atoms with Crippen LogP contribution in [0.25, 0.3) is 0 Å². The van der Waals surface area contributed by atoms with Crippen LogP contribution in [0.2, 0.25) is 0 Å². The van der Waals surface area contributed by atoms with Crippen LogP contribution in [0, 0.1) is 17.3 Å². The van der Waals surface area contributed by atoms with E-state index in [1.54, 1.807) is 4.90 Å². The molecule has 0 unspecified atom stereocenters. The maximum Gasteiger partial charge on any atom is 0.311 e. The number of rotatable bonds is 4. The molecule has 0 aromatic heterocycles. The molecule has 0 spiro atoms. The molecule has 2 atom stereocenters. The molecule has 0 aliphatic carbocycles. The molecule has 0 radical (unpaired) electrons. The third kappa shape index (κ3) is 2.99. The quantitative estimate of drug-likeness (QED) is 0.842. The minimum Gasteiger partial charge on any atom is -0.481 e. The number of carbonyl (C=O) groups excluding carboxylic acids is 1. The van der Waals surface area contributed by atoms with Crippen LogP contribution >= 0.6 is 0 Å². The van der Waals surface area contributed by atoms with Gasteiger partial charge in [-0.1, -0.05) is 0 Å². The molecule has 3 aliphatic rings. The molecule has 1 amide bonds. The minimum atomic E-state index is -0.785. The van der Waals surface area contributed by atoms with Gasteiger partial charge in [-0.2, -0.15) is 0 Å². The van der Waals surface area contributed by atoms with Crippen molar-refractivity contribution in [2.24, 2.45) is 17.3 Å². The lowest BCUT2D eigenvalue weighted by Gasteiger charge is -2.33. The molecule has 3 fully saturated rings. The highest BCUT2D eigenvalue weighted by Crippen LogP contribution is 2.42. The Labute approximate surface area is 130 Å². The maximum atomic E-state index is 12.5. The molecule has 124 valence electrons. The van der Waals surface area contributed by atoms with Crippen LogP contribution in [0.3, 0.4) is 0 Å². The van der Waals surface area contributed by atoms with Crippen molar-refractivity contribution in [3.05, 3.63) is 0 Å². The Bertz CT molecular complexity index is 434. The number of amides is 1. The number of likely N-dealkylation sites (tertiary alicyclic amines) is 1. The van der Waals surface area contributed by atoms with Crippen LogP contribution < -0.4 is 0 Å². The molecule has 0 aromatic carbocycles. The molecule has 3 aliphatic heterocycles. The first kappa shape index (κ1) is 15.7. The van der Waals surface area contributed by atoms with E-state index in [1.807, 2.05) is 0 Å². The number of carboxylic acid groups (broad SMARTS) is 1. The van der Waals surface area contributed by atoms with Crippen molar-refractivity contribution < 1.29 is 24.2 Å². The molecule has 3 saturated heterocycles. The summed E-state index contributed by atoms with van der Waals surface area (Å²) in [4.78, 5) is 25.9. The molecule has 0 saturated carbocycles. The van der Waals surface area contributed by atoms with Gasteiger partial charge in [0.25, 0.3) is 0 Å². The van der Waals surface area contributed by atoms with Crippen LogP contribution in [0.4, 0.5) is 0 Å². The van der Waals surface area contributed by atoms with Gasteiger partial charge in [-0.3, -0.25) is 9.59 Å². The van der Waals surface area contributed by atoms with E-state index in [9.17, 15) is 14.7 Å². The van der Waals surface area contributed by atoms with Gasteiger partial charge in [0.05, 0.1) is 12.0 Å². The minimum absolute atomic E-state index is 0.0641. The number of carboxylic acids is 1. The van der Waals surface area contributed by atoms with E-state index < -0.39 is 11.4 Å². The fraction of sp³-hybridized carbons (Fsp3) is 0.875. The Balaban J connectivity index is 1.56. The zero-order chi connectivity index (χ0) is 15.6. The maximum absolute atomic E-state index is 12.5. The van der Waals surface area contributed by atoms with E-state index >= 15 is 0 Å². The van der Waals surface area contributed by atoms with E-state index in [0.717, 1.165) is 32.5 Å². The van der Waals surface area contributed by atoms with Crippen LogP contribution in [0.5, 0.6) is 0 Å². The summed E-state index contributed by atoms with van der Waals surface area (Å²) >= 11 is 0. The lowest BCUT2D eigenvalue weighted by atomic mass is 9.74. The van der Waals surface area contributed by atoms with Crippen LogP contribution in [0.15, 0.2) is 0 Å². The highest BCUT2D eigenvalue weighted by Gasteiger charge is 2.54. The van der Waals surface area contributed by atoms with Crippen molar-refractivity contribution >= 4 is 11.9 Å². The molecule has 1 N–H and O–H groups in total. The van der Waals surface area contributed by atoms with E-state index in [4.69, 9.17) is 9.47 Å². The van der Waals surface area contributed by atoms with Crippen LogP contribution in [-0.4, -0.2) is 61.4 Å². The molecule has 6 nitrogen and oxygen atoms in total. The van der Waals surface area contributed by atoms with Gasteiger partial charge in [-0.25, -0.2) is 0 Å². The first-order valence-electron chi connectivity index (χ1n) is 8.28. The molecule has 3 heterocycles. The van der Waals surface area contributed by atoms with Gasteiger partial charge in [0, 0.05) is 45.2 Å². The Morgan fingerprint density at radius 1 is 1.18 bits per heavy atom. The van der Waals surface area contributed by atoms with Crippen molar-refractivity contribution in [1.29, 1.82) is 0 Å². The second kappa shape index (κ2) is 6.54. The number of ether oxygens (including phenoxy) is 2. The summed E-state index contributed by atoms with van der Waals surface area (Å²) in [6.07, 6.45) is 3.98. The Morgan fingerprint density at radius 3 is 2.64 bits per heavy atom. The number of hydrogen-bond acceptors (Lipinski definition) is 4. The van der Waals surface area contributed by atoms with Crippen LogP contribution in [0.1, 0.15) is 32.1 Å². The second-order valence-corrected chi connectivity index (χ2v) is 6.85. The Kier molecular flexibility index (Phi) is 4.68. The zero-order valence-electron chi connectivity index (χ0n) is 13.0. The first-order valence-corrected chi connectivity index (χ1v) is 8.28. The first-order chi connectivity index (χ1) is 10.6. The average molecular weight is 311 g/mol. The number of aliphatic carboxylic acids is 1. The van der Waals surface area contributed by atoms with E-state index in [1.165, 1.54) is 0 Å². The SMILES string of the molecule is O=C(CCC1CCOCC1)N1C[C@H]2COCC[C@@]2(C(=O)O)C1. The third-order valence-corrected chi connectivity index (χ3v) is 5.59. The van der Waals surface area contributed by atoms with Crippen molar-refractivity contribution in [3.8, 4) is 0 Å². The molecule has 3 rings (SSSR count). The summed E-state index contributed by atoms with van der Waals surface area (Å²) in [6.45, 7) is 3.40. The molecular weight excluding hydrogens is 286 g/mol. The third-order valence-electron chi connectivity index (χ3n) is 5.59. The van der Waals surface area contributed by atoms with Gasteiger partial charge in [-0.15, -0.1) is 0 Å². The summed E-state index contributed by atoms with van der Waals surface area (Å²) < 4.78 is 10.8. The Morgan fingerprint density at radius 2 is 1.95 bits per heavy atom. The summed E-state index contributed by atoms with van der Waals surface area (Å²) in [5, 5.41) is 9.63. The normalized spacial score (nSPS) is 32.7. The van der Waals surface area contributed by atoms with Gasteiger partial charge >= 0.3 is 5.97 Å². The highest BCUT2D eigenvalue weighted by molar-refractivity contribution is 5.81. The van der Waals surface area contributed by atoms with E-state index in [2.05, 4.69) is 0 Å². The fourth-order valence-electron chi connectivity index (χ4n) is 4.01. The Hall–Kier alpha value is -1.14.